The Labute approximate surface area is 177 Å². The summed E-state index contributed by atoms with van der Waals surface area (Å²) in [4.78, 5) is 15.0. The molecule has 0 saturated carbocycles. The number of benzene rings is 1. The number of rotatable bonds is 10. The summed E-state index contributed by atoms with van der Waals surface area (Å²) >= 11 is 0.957. The Balaban J connectivity index is 2.11. The Kier molecular flexibility index (Phi) is 8.10. The third kappa shape index (κ3) is 5.94. The van der Waals surface area contributed by atoms with E-state index >= 15 is 0 Å². The van der Waals surface area contributed by atoms with Gasteiger partial charge in [-0.1, -0.05) is 19.9 Å². The van der Waals surface area contributed by atoms with Crippen LogP contribution < -0.4 is 10.0 Å². The molecule has 1 unspecified atom stereocenters. The van der Waals surface area contributed by atoms with E-state index in [1.54, 1.807) is 12.1 Å². The Morgan fingerprint density at radius 3 is 2.34 bits per heavy atom. The normalized spacial score (nSPS) is 13.7. The summed E-state index contributed by atoms with van der Waals surface area (Å²) in [6.07, 6.45) is 0. The minimum absolute atomic E-state index is 0.0352. The molecule has 0 saturated heterocycles. The van der Waals surface area contributed by atoms with Crippen LogP contribution in [0.15, 0.2) is 23.1 Å². The molecule has 0 aliphatic rings. The summed E-state index contributed by atoms with van der Waals surface area (Å²) in [5.74, 6) is -0.552. The molecule has 0 aliphatic heterocycles. The maximum absolute atomic E-state index is 13.0. The molecule has 0 bridgehead atoms. The molecule has 2 aromatic rings. The predicted molar refractivity (Wildman–Crippen MR) is 116 cm³/mol. The van der Waals surface area contributed by atoms with Crippen molar-refractivity contribution in [2.24, 2.45) is 5.92 Å². The highest BCUT2D eigenvalue weighted by molar-refractivity contribution is 7.89. The van der Waals surface area contributed by atoms with Gasteiger partial charge in [-0.2, -0.15) is 13.5 Å². The molecule has 10 heteroatoms. The third-order valence-electron chi connectivity index (χ3n) is 4.77. The third-order valence-corrected chi connectivity index (χ3v) is 6.78. The summed E-state index contributed by atoms with van der Waals surface area (Å²) in [6.45, 7) is 13.2. The Morgan fingerprint density at radius 2 is 1.76 bits per heavy atom. The summed E-state index contributed by atoms with van der Waals surface area (Å²) in [5.41, 5.74) is 0.836. The first kappa shape index (κ1) is 23.7. The van der Waals surface area contributed by atoms with Gasteiger partial charge in [0.05, 0.1) is 11.7 Å². The van der Waals surface area contributed by atoms with Crippen molar-refractivity contribution < 1.29 is 13.2 Å². The van der Waals surface area contributed by atoms with Crippen molar-refractivity contribution in [3.05, 3.63) is 18.2 Å². The minimum Gasteiger partial charge on any atom is -0.353 e. The van der Waals surface area contributed by atoms with E-state index in [1.165, 1.54) is 6.07 Å². The molecular formula is C19H31N5O3S2. The molecule has 0 fully saturated rings. The molecular weight excluding hydrogens is 410 g/mol. The zero-order valence-corrected chi connectivity index (χ0v) is 19.5. The second kappa shape index (κ2) is 9.92. The maximum atomic E-state index is 13.0. The largest absolute Gasteiger partial charge is 0.353 e. The molecule has 1 aromatic carbocycles. The van der Waals surface area contributed by atoms with E-state index in [2.05, 4.69) is 51.4 Å². The number of hydrogen-bond donors (Lipinski definition) is 2. The smallest absolute Gasteiger partial charge is 0.243 e. The summed E-state index contributed by atoms with van der Waals surface area (Å²) in [7, 11) is -3.93. The number of nitrogens with zero attached hydrogens (tertiary/aromatic N) is 3. The van der Waals surface area contributed by atoms with E-state index in [0.717, 1.165) is 11.7 Å². The summed E-state index contributed by atoms with van der Waals surface area (Å²) in [5, 5.41) is 2.88. The zero-order valence-electron chi connectivity index (χ0n) is 17.8. The summed E-state index contributed by atoms with van der Waals surface area (Å²) in [6, 6.07) is 4.64. The Bertz CT molecular complexity index is 917. The molecule has 29 heavy (non-hydrogen) atoms. The lowest BCUT2D eigenvalue weighted by atomic mass is 10.1. The highest BCUT2D eigenvalue weighted by Gasteiger charge is 2.30. The van der Waals surface area contributed by atoms with Gasteiger partial charge in [0.15, 0.2) is 0 Å². The Morgan fingerprint density at radius 1 is 1.10 bits per heavy atom. The zero-order chi connectivity index (χ0) is 21.8. The molecule has 0 spiro atoms. The number of carbonyl (C=O) groups is 1. The van der Waals surface area contributed by atoms with Crippen LogP contribution >= 0.6 is 11.7 Å². The number of carbonyl (C=O) groups excluding carboxylic acids is 1. The van der Waals surface area contributed by atoms with E-state index in [4.69, 9.17) is 0 Å². The van der Waals surface area contributed by atoms with Crippen LogP contribution in [0.25, 0.3) is 11.0 Å². The number of hydrogen-bond acceptors (Lipinski definition) is 7. The SMILES string of the molecule is CC(C)C(NS(=O)(=O)c1cccc2nsnc12)C(=O)NCCN(C(C)C)C(C)C. The number of amides is 1. The lowest BCUT2D eigenvalue weighted by Crippen LogP contribution is -2.51. The van der Waals surface area contributed by atoms with Crippen LogP contribution in [0.3, 0.4) is 0 Å². The van der Waals surface area contributed by atoms with Gasteiger partial charge < -0.3 is 5.32 Å². The van der Waals surface area contributed by atoms with Gasteiger partial charge in [-0.3, -0.25) is 9.69 Å². The average molecular weight is 442 g/mol. The van der Waals surface area contributed by atoms with Crippen LogP contribution in [-0.4, -0.2) is 59.2 Å². The van der Waals surface area contributed by atoms with Gasteiger partial charge in [-0.25, -0.2) is 8.42 Å². The first-order valence-corrected chi connectivity index (χ1v) is 12.0. The van der Waals surface area contributed by atoms with Gasteiger partial charge in [0.25, 0.3) is 0 Å². The highest BCUT2D eigenvalue weighted by Crippen LogP contribution is 2.21. The van der Waals surface area contributed by atoms with Crippen molar-refractivity contribution in [3.8, 4) is 0 Å². The van der Waals surface area contributed by atoms with Gasteiger partial charge in [0, 0.05) is 25.2 Å². The van der Waals surface area contributed by atoms with E-state index < -0.39 is 16.1 Å². The van der Waals surface area contributed by atoms with Gasteiger partial charge >= 0.3 is 0 Å². The molecule has 0 radical (unpaired) electrons. The Hall–Kier alpha value is -1.62. The molecule has 2 N–H and O–H groups in total. The molecule has 1 atom stereocenters. The topological polar surface area (TPSA) is 104 Å². The van der Waals surface area contributed by atoms with Crippen LogP contribution in [0.5, 0.6) is 0 Å². The number of aromatic nitrogens is 2. The van der Waals surface area contributed by atoms with E-state index in [0.29, 0.717) is 36.2 Å². The van der Waals surface area contributed by atoms with Crippen molar-refractivity contribution in [1.82, 2.24) is 23.7 Å². The molecule has 2 rings (SSSR count). The van der Waals surface area contributed by atoms with Crippen molar-refractivity contribution in [2.75, 3.05) is 13.1 Å². The van der Waals surface area contributed by atoms with Gasteiger partial charge in [-0.15, -0.1) is 0 Å². The second-order valence-electron chi connectivity index (χ2n) is 7.95. The first-order chi connectivity index (χ1) is 13.5. The monoisotopic (exact) mass is 441 g/mol. The van der Waals surface area contributed by atoms with Crippen LogP contribution in [0.1, 0.15) is 41.5 Å². The molecule has 1 aromatic heterocycles. The van der Waals surface area contributed by atoms with Gasteiger partial charge in [0.2, 0.25) is 15.9 Å². The van der Waals surface area contributed by atoms with E-state index in [-0.39, 0.29) is 16.7 Å². The molecule has 1 amide bonds. The quantitative estimate of drug-likeness (QED) is 0.586. The fourth-order valence-electron chi connectivity index (χ4n) is 3.25. The van der Waals surface area contributed by atoms with Crippen LogP contribution in [0.2, 0.25) is 0 Å². The highest BCUT2D eigenvalue weighted by atomic mass is 32.2. The van der Waals surface area contributed by atoms with E-state index in [9.17, 15) is 13.2 Å². The lowest BCUT2D eigenvalue weighted by molar-refractivity contribution is -0.123. The molecule has 162 valence electrons. The lowest BCUT2D eigenvalue weighted by Gasteiger charge is -2.31. The summed E-state index contributed by atoms with van der Waals surface area (Å²) < 4.78 is 36.7. The van der Waals surface area contributed by atoms with E-state index in [1.807, 2.05) is 13.8 Å². The molecule has 1 heterocycles. The van der Waals surface area contributed by atoms with Crippen LogP contribution in [0, 0.1) is 5.92 Å². The number of sulfonamides is 1. The van der Waals surface area contributed by atoms with Crippen molar-refractivity contribution in [3.63, 3.8) is 0 Å². The molecule has 8 nitrogen and oxygen atoms in total. The van der Waals surface area contributed by atoms with Crippen molar-refractivity contribution in [2.45, 2.75) is 64.6 Å². The fraction of sp³-hybridized carbons (Fsp3) is 0.632. The van der Waals surface area contributed by atoms with Gasteiger partial charge in [0.1, 0.15) is 22.0 Å². The number of nitrogens with one attached hydrogen (secondary N) is 2. The second-order valence-corrected chi connectivity index (χ2v) is 10.2. The van der Waals surface area contributed by atoms with Crippen LogP contribution in [-0.2, 0) is 14.8 Å². The predicted octanol–water partition coefficient (Wildman–Crippen LogP) is 2.23. The first-order valence-electron chi connectivity index (χ1n) is 9.81. The van der Waals surface area contributed by atoms with Crippen LogP contribution in [0.4, 0.5) is 0 Å². The van der Waals surface area contributed by atoms with Crippen molar-refractivity contribution in [1.29, 1.82) is 0 Å². The fourth-order valence-corrected chi connectivity index (χ4v) is 5.36. The minimum atomic E-state index is -3.93. The standard InChI is InChI=1S/C19H31N5O3S2/c1-12(2)17(19(25)20-10-11-24(13(3)4)14(5)6)23-29(26,27)16-9-7-8-15-18(16)22-28-21-15/h7-9,12-14,17,23H,10-11H2,1-6H3,(H,20,25). The molecule has 0 aliphatic carbocycles. The number of fused-ring (bicyclic) bond motifs is 1. The average Bonchev–Trinajstić information content (AvgIpc) is 3.10. The van der Waals surface area contributed by atoms with Crippen molar-refractivity contribution >= 4 is 38.7 Å². The maximum Gasteiger partial charge on any atom is 0.243 e. The van der Waals surface area contributed by atoms with Gasteiger partial charge in [-0.05, 0) is 45.7 Å².